The minimum atomic E-state index is 0. The highest BCUT2D eigenvalue weighted by molar-refractivity contribution is 7.98. The third-order valence-electron chi connectivity index (χ3n) is 3.94. The summed E-state index contributed by atoms with van der Waals surface area (Å²) in [7, 11) is 0. The average Bonchev–Trinajstić information content (AvgIpc) is 2.98. The van der Waals surface area contributed by atoms with Gasteiger partial charge in [-0.3, -0.25) is 9.97 Å². The van der Waals surface area contributed by atoms with Crippen LogP contribution in [0.25, 0.3) is 0 Å². The van der Waals surface area contributed by atoms with Gasteiger partial charge in [-0.2, -0.15) is 0 Å². The molecule has 8 heteroatoms. The topological polar surface area (TPSA) is 68.5 Å². The predicted octanol–water partition coefficient (Wildman–Crippen LogP) is 2.74. The lowest BCUT2D eigenvalue weighted by Gasteiger charge is -2.22. The van der Waals surface area contributed by atoms with Crippen molar-refractivity contribution in [3.63, 3.8) is 0 Å². The number of aromatic nitrogens is 5. The molecule has 0 spiro atoms. The number of nitrogens with zero attached hydrogens (tertiary/aromatic N) is 5. The zero-order valence-electron chi connectivity index (χ0n) is 13.8. The number of piperidine rings is 1. The van der Waals surface area contributed by atoms with E-state index in [1.165, 1.54) is 0 Å². The largest absolute Gasteiger partial charge is 0.317 e. The summed E-state index contributed by atoms with van der Waals surface area (Å²) < 4.78 is 2.19. The Bertz CT molecular complexity index is 651. The van der Waals surface area contributed by atoms with E-state index >= 15 is 0 Å². The van der Waals surface area contributed by atoms with Crippen LogP contribution in [-0.2, 0) is 12.3 Å². The summed E-state index contributed by atoms with van der Waals surface area (Å²) in [6, 6.07) is 0. The van der Waals surface area contributed by atoms with Gasteiger partial charge in [0.05, 0.1) is 11.4 Å². The van der Waals surface area contributed by atoms with Crippen LogP contribution in [0.4, 0.5) is 0 Å². The lowest BCUT2D eigenvalue weighted by Crippen LogP contribution is -2.28. The number of hydrogen-bond acceptors (Lipinski definition) is 6. The molecule has 0 atom stereocenters. The Morgan fingerprint density at radius 3 is 2.75 bits per heavy atom. The zero-order chi connectivity index (χ0) is 16.1. The molecule has 1 aliphatic rings. The number of halogens is 1. The minimum absolute atomic E-state index is 0. The maximum absolute atomic E-state index is 4.47. The van der Waals surface area contributed by atoms with Gasteiger partial charge in [-0.25, -0.2) is 0 Å². The number of aryl methyl sites for hydroxylation is 1. The Morgan fingerprint density at radius 2 is 2.08 bits per heavy atom. The molecule has 24 heavy (non-hydrogen) atoms. The fourth-order valence-corrected chi connectivity index (χ4v) is 3.57. The SMILES string of the molecule is C=CCn1c(SCc2cnc(C)cn2)nnc1C1CCNCC1.Cl. The fourth-order valence-electron chi connectivity index (χ4n) is 2.72. The molecule has 0 amide bonds. The highest BCUT2D eigenvalue weighted by Crippen LogP contribution is 2.28. The molecular formula is C16H23ClN6S. The maximum Gasteiger partial charge on any atom is 0.191 e. The van der Waals surface area contributed by atoms with Crippen LogP contribution in [0.3, 0.4) is 0 Å². The molecule has 6 nitrogen and oxygen atoms in total. The van der Waals surface area contributed by atoms with Crippen LogP contribution in [-0.4, -0.2) is 37.8 Å². The summed E-state index contributed by atoms with van der Waals surface area (Å²) in [5.41, 5.74) is 1.89. The van der Waals surface area contributed by atoms with E-state index in [1.807, 2.05) is 19.2 Å². The highest BCUT2D eigenvalue weighted by atomic mass is 35.5. The second kappa shape index (κ2) is 9.15. The molecule has 1 N–H and O–H groups in total. The van der Waals surface area contributed by atoms with Gasteiger partial charge in [-0.1, -0.05) is 17.8 Å². The van der Waals surface area contributed by atoms with Gasteiger partial charge in [-0.15, -0.1) is 29.2 Å². The van der Waals surface area contributed by atoms with Gasteiger partial charge in [0, 0.05) is 30.6 Å². The fraction of sp³-hybridized carbons (Fsp3) is 0.500. The van der Waals surface area contributed by atoms with Gasteiger partial charge in [0.2, 0.25) is 0 Å². The van der Waals surface area contributed by atoms with E-state index < -0.39 is 0 Å². The van der Waals surface area contributed by atoms with Crippen molar-refractivity contribution in [2.75, 3.05) is 13.1 Å². The van der Waals surface area contributed by atoms with Crippen LogP contribution in [0.15, 0.2) is 30.2 Å². The molecule has 0 aromatic carbocycles. The van der Waals surface area contributed by atoms with Gasteiger partial charge >= 0.3 is 0 Å². The van der Waals surface area contributed by atoms with Crippen molar-refractivity contribution in [2.45, 2.75) is 43.1 Å². The van der Waals surface area contributed by atoms with Gasteiger partial charge in [0.1, 0.15) is 5.82 Å². The highest BCUT2D eigenvalue weighted by Gasteiger charge is 2.22. The van der Waals surface area contributed by atoms with E-state index in [9.17, 15) is 0 Å². The predicted molar refractivity (Wildman–Crippen MR) is 98.6 cm³/mol. The molecule has 2 aromatic rings. The van der Waals surface area contributed by atoms with Crippen LogP contribution in [0.5, 0.6) is 0 Å². The zero-order valence-corrected chi connectivity index (χ0v) is 15.4. The van der Waals surface area contributed by atoms with E-state index in [0.29, 0.717) is 5.92 Å². The van der Waals surface area contributed by atoms with Crippen molar-refractivity contribution < 1.29 is 0 Å². The van der Waals surface area contributed by atoms with E-state index in [1.54, 1.807) is 18.0 Å². The summed E-state index contributed by atoms with van der Waals surface area (Å²) in [6.45, 7) is 8.65. The Morgan fingerprint density at radius 1 is 1.29 bits per heavy atom. The monoisotopic (exact) mass is 366 g/mol. The van der Waals surface area contributed by atoms with E-state index in [0.717, 1.165) is 60.6 Å². The molecule has 0 unspecified atom stereocenters. The number of thioether (sulfide) groups is 1. The summed E-state index contributed by atoms with van der Waals surface area (Å²) in [4.78, 5) is 8.68. The first-order chi connectivity index (χ1) is 11.3. The second-order valence-electron chi connectivity index (χ2n) is 5.70. The quantitative estimate of drug-likeness (QED) is 0.626. The Hall–Kier alpha value is -1.44. The van der Waals surface area contributed by atoms with E-state index in [-0.39, 0.29) is 12.4 Å². The number of allylic oxidation sites excluding steroid dienone is 1. The number of hydrogen-bond donors (Lipinski definition) is 1. The Balaban J connectivity index is 0.00000208. The van der Waals surface area contributed by atoms with Crippen molar-refractivity contribution in [1.82, 2.24) is 30.0 Å². The minimum Gasteiger partial charge on any atom is -0.317 e. The van der Waals surface area contributed by atoms with Crippen molar-refractivity contribution in [2.24, 2.45) is 0 Å². The Labute approximate surface area is 153 Å². The van der Waals surface area contributed by atoms with Crippen LogP contribution in [0, 0.1) is 6.92 Å². The number of nitrogens with one attached hydrogen (secondary N) is 1. The molecule has 0 aliphatic carbocycles. The molecule has 1 aliphatic heterocycles. The summed E-state index contributed by atoms with van der Waals surface area (Å²) >= 11 is 1.65. The van der Waals surface area contributed by atoms with Gasteiger partial charge in [-0.05, 0) is 32.9 Å². The molecule has 0 saturated carbocycles. The van der Waals surface area contributed by atoms with Gasteiger partial charge in [0.25, 0.3) is 0 Å². The third-order valence-corrected chi connectivity index (χ3v) is 4.95. The van der Waals surface area contributed by atoms with Crippen molar-refractivity contribution >= 4 is 24.2 Å². The first kappa shape index (κ1) is 18.9. The van der Waals surface area contributed by atoms with Gasteiger partial charge < -0.3 is 9.88 Å². The summed E-state index contributed by atoms with van der Waals surface area (Å²) in [5.74, 6) is 2.32. The van der Waals surface area contributed by atoms with Crippen molar-refractivity contribution in [1.29, 1.82) is 0 Å². The molecular weight excluding hydrogens is 344 g/mol. The second-order valence-corrected chi connectivity index (χ2v) is 6.64. The third kappa shape index (κ3) is 4.55. The first-order valence-electron chi connectivity index (χ1n) is 7.93. The van der Waals surface area contributed by atoms with E-state index in [4.69, 9.17) is 0 Å². The molecule has 1 fully saturated rings. The smallest absolute Gasteiger partial charge is 0.191 e. The first-order valence-corrected chi connectivity index (χ1v) is 8.91. The molecule has 3 rings (SSSR count). The number of rotatable bonds is 6. The molecule has 2 aromatic heterocycles. The maximum atomic E-state index is 4.47. The lowest BCUT2D eigenvalue weighted by atomic mass is 9.97. The Kier molecular flexibility index (Phi) is 7.20. The summed E-state index contributed by atoms with van der Waals surface area (Å²) in [5, 5.41) is 13.2. The van der Waals surface area contributed by atoms with Crippen molar-refractivity contribution in [3.8, 4) is 0 Å². The molecule has 3 heterocycles. The average molecular weight is 367 g/mol. The molecule has 1 saturated heterocycles. The van der Waals surface area contributed by atoms with Crippen LogP contribution in [0.1, 0.15) is 36.0 Å². The molecule has 0 bridgehead atoms. The van der Waals surface area contributed by atoms with Gasteiger partial charge in [0.15, 0.2) is 5.16 Å². The van der Waals surface area contributed by atoms with Crippen molar-refractivity contribution in [3.05, 3.63) is 42.3 Å². The van der Waals surface area contributed by atoms with Crippen LogP contribution in [0.2, 0.25) is 0 Å². The van der Waals surface area contributed by atoms with E-state index in [2.05, 4.69) is 36.6 Å². The molecule has 130 valence electrons. The standard InChI is InChI=1S/C16H22N6S.ClH/c1-3-8-22-15(13-4-6-17-7-5-13)20-21-16(22)23-11-14-10-18-12(2)9-19-14;/h3,9-10,13,17H,1,4-8,11H2,2H3;1H. The summed E-state index contributed by atoms with van der Waals surface area (Å²) in [6.07, 6.45) is 7.76. The lowest BCUT2D eigenvalue weighted by molar-refractivity contribution is 0.431. The van der Waals surface area contributed by atoms with Crippen LogP contribution < -0.4 is 5.32 Å². The molecule has 0 radical (unpaired) electrons. The van der Waals surface area contributed by atoms with Crippen LogP contribution >= 0.6 is 24.2 Å². The normalized spacial score (nSPS) is 15.0.